The minimum Gasteiger partial charge on any atom is -0.399 e. The van der Waals surface area contributed by atoms with Crippen LogP contribution in [0, 0.1) is 0 Å². The van der Waals surface area contributed by atoms with Gasteiger partial charge in [0.15, 0.2) is 5.79 Å². The lowest BCUT2D eigenvalue weighted by atomic mass is 9.82. The molecule has 0 aromatic carbocycles. The molecule has 0 bridgehead atoms. The van der Waals surface area contributed by atoms with E-state index in [2.05, 4.69) is 5.10 Å². The third-order valence-corrected chi connectivity index (χ3v) is 4.23. The molecule has 0 saturated carbocycles. The molecule has 2 saturated heterocycles. The molecule has 0 aliphatic carbocycles. The molecule has 1 aromatic heterocycles. The highest BCUT2D eigenvalue weighted by Gasteiger charge is 2.52. The standard InChI is InChI=1S/C10H17BN2O2.C5H10O2/c1-9(2)10(3,4)15-11(14-9)8-6-12-13(5)7-8;1-5(2)6-3-4-7-5/h6-7H,1-5H3;3-4H2,1-2H3. The van der Waals surface area contributed by atoms with E-state index in [0.717, 1.165) is 18.7 Å². The van der Waals surface area contributed by atoms with Gasteiger partial charge in [-0.15, -0.1) is 0 Å². The van der Waals surface area contributed by atoms with Crippen molar-refractivity contribution in [1.82, 2.24) is 9.78 Å². The molecule has 2 aliphatic heterocycles. The van der Waals surface area contributed by atoms with Crippen LogP contribution in [0.5, 0.6) is 0 Å². The van der Waals surface area contributed by atoms with Gasteiger partial charge in [0.2, 0.25) is 0 Å². The molecule has 1 aromatic rings. The Balaban J connectivity index is 0.000000211. The molecule has 0 radical (unpaired) electrons. The quantitative estimate of drug-likeness (QED) is 0.736. The number of nitrogens with zero attached hydrogens (tertiary/aromatic N) is 2. The third kappa shape index (κ3) is 3.90. The maximum atomic E-state index is 5.89. The van der Waals surface area contributed by atoms with Gasteiger partial charge in [0.25, 0.3) is 0 Å². The van der Waals surface area contributed by atoms with E-state index >= 15 is 0 Å². The van der Waals surface area contributed by atoms with Crippen LogP contribution in [0.1, 0.15) is 41.5 Å². The van der Waals surface area contributed by atoms with Crippen molar-refractivity contribution in [3.05, 3.63) is 12.4 Å². The topological polar surface area (TPSA) is 54.7 Å². The summed E-state index contributed by atoms with van der Waals surface area (Å²) in [6.07, 6.45) is 3.70. The molecule has 0 unspecified atom stereocenters. The number of aryl methyl sites for hydroxylation is 1. The first-order chi connectivity index (χ1) is 10.0. The molecule has 22 heavy (non-hydrogen) atoms. The number of aromatic nitrogens is 2. The molecule has 7 heteroatoms. The van der Waals surface area contributed by atoms with Crippen LogP contribution in [0.15, 0.2) is 12.4 Å². The van der Waals surface area contributed by atoms with Crippen molar-refractivity contribution >= 4 is 12.6 Å². The lowest BCUT2D eigenvalue weighted by Gasteiger charge is -2.32. The van der Waals surface area contributed by atoms with Gasteiger partial charge in [0.05, 0.1) is 24.4 Å². The maximum absolute atomic E-state index is 5.89. The minimum atomic E-state index is -0.306. The predicted octanol–water partition coefficient (Wildman–Crippen LogP) is 1.49. The summed E-state index contributed by atoms with van der Waals surface area (Å²) in [4.78, 5) is 0. The molecular weight excluding hydrogens is 283 g/mol. The molecule has 0 amide bonds. The Morgan fingerprint density at radius 2 is 1.50 bits per heavy atom. The van der Waals surface area contributed by atoms with Crippen LogP contribution in [0.25, 0.3) is 0 Å². The van der Waals surface area contributed by atoms with E-state index in [-0.39, 0.29) is 24.1 Å². The van der Waals surface area contributed by atoms with Crippen molar-refractivity contribution in [3.8, 4) is 0 Å². The van der Waals surface area contributed by atoms with E-state index in [4.69, 9.17) is 18.8 Å². The van der Waals surface area contributed by atoms with Crippen LogP contribution in [0.4, 0.5) is 0 Å². The van der Waals surface area contributed by atoms with E-state index in [9.17, 15) is 0 Å². The maximum Gasteiger partial charge on any atom is 0.498 e. The van der Waals surface area contributed by atoms with Crippen molar-refractivity contribution in [2.45, 2.75) is 58.5 Å². The molecule has 124 valence electrons. The Bertz CT molecular complexity index is 489. The summed E-state index contributed by atoms with van der Waals surface area (Å²) < 4.78 is 23.8. The number of rotatable bonds is 1. The van der Waals surface area contributed by atoms with E-state index in [1.807, 2.05) is 54.8 Å². The van der Waals surface area contributed by atoms with Crippen LogP contribution in [0.3, 0.4) is 0 Å². The summed E-state index contributed by atoms with van der Waals surface area (Å²) in [6.45, 7) is 13.5. The summed E-state index contributed by atoms with van der Waals surface area (Å²) in [5.41, 5.74) is 0.400. The van der Waals surface area contributed by atoms with Crippen molar-refractivity contribution < 1.29 is 18.8 Å². The van der Waals surface area contributed by atoms with Crippen LogP contribution in [-0.2, 0) is 25.8 Å². The second-order valence-corrected chi connectivity index (χ2v) is 7.13. The lowest BCUT2D eigenvalue weighted by Crippen LogP contribution is -2.41. The average molecular weight is 310 g/mol. The Hall–Kier alpha value is -0.885. The van der Waals surface area contributed by atoms with Crippen LogP contribution >= 0.6 is 0 Å². The zero-order valence-corrected chi connectivity index (χ0v) is 14.7. The fraction of sp³-hybridized carbons (Fsp3) is 0.800. The predicted molar refractivity (Wildman–Crippen MR) is 84.9 cm³/mol. The third-order valence-electron chi connectivity index (χ3n) is 4.23. The van der Waals surface area contributed by atoms with Gasteiger partial charge < -0.3 is 18.8 Å². The first kappa shape index (κ1) is 17.5. The Morgan fingerprint density at radius 3 is 1.82 bits per heavy atom. The van der Waals surface area contributed by atoms with Crippen molar-refractivity contribution in [2.24, 2.45) is 7.05 Å². The highest BCUT2D eigenvalue weighted by Crippen LogP contribution is 2.36. The summed E-state index contributed by atoms with van der Waals surface area (Å²) in [6, 6.07) is 0. The fourth-order valence-electron chi connectivity index (χ4n) is 2.16. The smallest absolute Gasteiger partial charge is 0.399 e. The Kier molecular flexibility index (Phi) is 4.73. The number of hydrogen-bond donors (Lipinski definition) is 0. The first-order valence-electron chi connectivity index (χ1n) is 7.64. The van der Waals surface area contributed by atoms with Gasteiger partial charge in [0.1, 0.15) is 0 Å². The van der Waals surface area contributed by atoms with E-state index in [0.29, 0.717) is 0 Å². The Morgan fingerprint density at radius 1 is 1.00 bits per heavy atom. The van der Waals surface area contributed by atoms with Crippen LogP contribution in [0.2, 0.25) is 0 Å². The first-order valence-corrected chi connectivity index (χ1v) is 7.64. The van der Waals surface area contributed by atoms with E-state index < -0.39 is 0 Å². The zero-order valence-electron chi connectivity index (χ0n) is 14.7. The SMILES string of the molecule is CC1(C)OCCO1.Cn1cc(B2OC(C)(C)C(C)(C)O2)cn1. The molecule has 3 heterocycles. The van der Waals surface area contributed by atoms with Gasteiger partial charge in [-0.25, -0.2) is 0 Å². The molecule has 6 nitrogen and oxygen atoms in total. The van der Waals surface area contributed by atoms with Crippen molar-refractivity contribution in [3.63, 3.8) is 0 Å². The highest BCUT2D eigenvalue weighted by atomic mass is 16.7. The van der Waals surface area contributed by atoms with Crippen molar-refractivity contribution in [1.29, 1.82) is 0 Å². The lowest BCUT2D eigenvalue weighted by molar-refractivity contribution is -0.125. The molecule has 0 atom stereocenters. The fourth-order valence-corrected chi connectivity index (χ4v) is 2.16. The summed E-state index contributed by atoms with van der Waals surface area (Å²) in [5, 5.41) is 4.11. The molecule has 3 rings (SSSR count). The van der Waals surface area contributed by atoms with Gasteiger partial charge in [-0.05, 0) is 41.5 Å². The molecule has 2 aliphatic rings. The number of ether oxygens (including phenoxy) is 2. The molecule has 0 spiro atoms. The zero-order chi connectivity index (χ0) is 16.6. The monoisotopic (exact) mass is 310 g/mol. The molecule has 0 N–H and O–H groups in total. The minimum absolute atomic E-state index is 0.284. The summed E-state index contributed by atoms with van der Waals surface area (Å²) in [5.74, 6) is -0.306. The Labute approximate surface area is 133 Å². The van der Waals surface area contributed by atoms with E-state index in [1.165, 1.54) is 0 Å². The molecule has 2 fully saturated rings. The van der Waals surface area contributed by atoms with Gasteiger partial charge in [-0.1, -0.05) is 0 Å². The average Bonchev–Trinajstić information content (AvgIpc) is 3.01. The van der Waals surface area contributed by atoms with Gasteiger partial charge in [0, 0.05) is 24.9 Å². The van der Waals surface area contributed by atoms with Crippen LogP contribution < -0.4 is 5.46 Å². The van der Waals surface area contributed by atoms with Crippen LogP contribution in [-0.4, -0.2) is 47.1 Å². The second-order valence-electron chi connectivity index (χ2n) is 7.13. The van der Waals surface area contributed by atoms with Gasteiger partial charge >= 0.3 is 7.12 Å². The highest BCUT2D eigenvalue weighted by molar-refractivity contribution is 6.61. The summed E-state index contributed by atoms with van der Waals surface area (Å²) in [7, 11) is 1.58. The van der Waals surface area contributed by atoms with Crippen molar-refractivity contribution in [2.75, 3.05) is 13.2 Å². The largest absolute Gasteiger partial charge is 0.498 e. The second kappa shape index (κ2) is 5.96. The normalized spacial score (nSPS) is 25.0. The van der Waals surface area contributed by atoms with Gasteiger partial charge in [-0.3, -0.25) is 4.68 Å². The van der Waals surface area contributed by atoms with Gasteiger partial charge in [-0.2, -0.15) is 5.10 Å². The number of hydrogen-bond acceptors (Lipinski definition) is 5. The van der Waals surface area contributed by atoms with E-state index in [1.54, 1.807) is 10.9 Å². The molecular formula is C15H27BN2O4. The summed E-state index contributed by atoms with van der Waals surface area (Å²) >= 11 is 0.